The van der Waals surface area contributed by atoms with Crippen LogP contribution in [0.15, 0.2) is 41.1 Å². The number of carbonyl (C=O) groups is 2. The van der Waals surface area contributed by atoms with E-state index in [0.717, 1.165) is 16.5 Å². The molecule has 3 rings (SSSR count). The number of hydrogen-bond acceptors (Lipinski definition) is 3. The van der Waals surface area contributed by atoms with Gasteiger partial charge in [0.2, 0.25) is 5.91 Å². The Morgan fingerprint density at radius 3 is 2.87 bits per heavy atom. The summed E-state index contributed by atoms with van der Waals surface area (Å²) in [7, 11) is 3.43. The number of nitrogens with one attached hydrogen (secondary N) is 2. The molecular weight excluding hydrogens is 292 g/mol. The summed E-state index contributed by atoms with van der Waals surface area (Å²) in [5, 5.41) is 5.10. The molecule has 2 amide bonds. The van der Waals surface area contributed by atoms with Gasteiger partial charge in [0.15, 0.2) is 0 Å². The number of nitrogens with zero attached hydrogens (tertiary/aromatic N) is 2. The van der Waals surface area contributed by atoms with Crippen LogP contribution in [-0.4, -0.2) is 41.5 Å². The number of aromatic amines is 1. The average Bonchev–Trinajstić information content (AvgIpc) is 3.10. The van der Waals surface area contributed by atoms with Gasteiger partial charge in [-0.1, -0.05) is 18.2 Å². The van der Waals surface area contributed by atoms with Crippen molar-refractivity contribution in [3.8, 4) is 0 Å². The van der Waals surface area contributed by atoms with Gasteiger partial charge in [0, 0.05) is 49.6 Å². The van der Waals surface area contributed by atoms with E-state index in [0.29, 0.717) is 24.1 Å². The highest BCUT2D eigenvalue weighted by Crippen LogP contribution is 2.22. The van der Waals surface area contributed by atoms with Crippen molar-refractivity contribution in [2.45, 2.75) is 12.8 Å². The topological polar surface area (TPSA) is 77.6 Å². The molecule has 1 aliphatic rings. The fourth-order valence-corrected chi connectivity index (χ4v) is 2.53. The quantitative estimate of drug-likeness (QED) is 0.846. The predicted molar refractivity (Wildman–Crippen MR) is 89.8 cm³/mol. The SMILES string of the molecule is CN(C)C(=O)CCC1=NNC(=O)/C1=C\c1c[nH]c2ccccc12. The Bertz CT molecular complexity index is 830. The molecule has 23 heavy (non-hydrogen) atoms. The maximum absolute atomic E-state index is 12.0. The third-order valence-corrected chi connectivity index (χ3v) is 3.84. The fourth-order valence-electron chi connectivity index (χ4n) is 2.53. The number of aromatic nitrogens is 1. The third-order valence-electron chi connectivity index (χ3n) is 3.84. The van der Waals surface area contributed by atoms with Crippen LogP contribution in [-0.2, 0) is 9.59 Å². The number of amides is 2. The molecule has 118 valence electrons. The molecule has 1 aliphatic heterocycles. The molecule has 6 nitrogen and oxygen atoms in total. The molecule has 0 atom stereocenters. The first-order valence-electron chi connectivity index (χ1n) is 7.41. The summed E-state index contributed by atoms with van der Waals surface area (Å²) >= 11 is 0. The maximum Gasteiger partial charge on any atom is 0.273 e. The number of hydrazone groups is 1. The fraction of sp³-hybridized carbons (Fsp3) is 0.235. The van der Waals surface area contributed by atoms with Gasteiger partial charge in [-0.3, -0.25) is 9.59 Å². The van der Waals surface area contributed by atoms with Crippen LogP contribution in [0.3, 0.4) is 0 Å². The summed E-state index contributed by atoms with van der Waals surface area (Å²) in [5.74, 6) is -0.221. The van der Waals surface area contributed by atoms with E-state index in [1.54, 1.807) is 14.1 Å². The smallest absolute Gasteiger partial charge is 0.273 e. The van der Waals surface area contributed by atoms with Crippen LogP contribution in [0.1, 0.15) is 18.4 Å². The standard InChI is InChI=1S/C17H18N4O2/c1-21(2)16(22)8-7-15-13(17(23)20-19-15)9-11-10-18-14-6-4-3-5-12(11)14/h3-6,9-10,18H,7-8H2,1-2H3,(H,20,23)/b13-9-. The molecule has 0 saturated heterocycles. The van der Waals surface area contributed by atoms with E-state index >= 15 is 0 Å². The third kappa shape index (κ3) is 3.01. The van der Waals surface area contributed by atoms with Gasteiger partial charge in [-0.15, -0.1) is 0 Å². The van der Waals surface area contributed by atoms with Crippen LogP contribution in [0, 0.1) is 0 Å². The molecule has 1 aromatic carbocycles. The van der Waals surface area contributed by atoms with Crippen molar-refractivity contribution in [3.05, 3.63) is 41.6 Å². The van der Waals surface area contributed by atoms with Crippen molar-refractivity contribution >= 4 is 34.5 Å². The Kier molecular flexibility index (Phi) is 3.97. The predicted octanol–water partition coefficient (Wildman–Crippen LogP) is 1.91. The second-order valence-electron chi connectivity index (χ2n) is 5.64. The second kappa shape index (κ2) is 6.08. The zero-order chi connectivity index (χ0) is 16.4. The molecule has 0 radical (unpaired) electrons. The highest BCUT2D eigenvalue weighted by Gasteiger charge is 2.23. The largest absolute Gasteiger partial charge is 0.361 e. The number of benzene rings is 1. The molecule has 6 heteroatoms. The van der Waals surface area contributed by atoms with E-state index < -0.39 is 0 Å². The number of fused-ring (bicyclic) bond motifs is 1. The summed E-state index contributed by atoms with van der Waals surface area (Å²) in [6.07, 6.45) is 4.45. The van der Waals surface area contributed by atoms with Gasteiger partial charge < -0.3 is 9.88 Å². The Morgan fingerprint density at radius 1 is 1.30 bits per heavy atom. The van der Waals surface area contributed by atoms with Crippen molar-refractivity contribution in [1.82, 2.24) is 15.3 Å². The summed E-state index contributed by atoms with van der Waals surface area (Å²) < 4.78 is 0. The minimum atomic E-state index is -0.234. The Morgan fingerprint density at radius 2 is 2.09 bits per heavy atom. The molecule has 0 spiro atoms. The Hall–Kier alpha value is -2.89. The minimum Gasteiger partial charge on any atom is -0.361 e. The lowest BCUT2D eigenvalue weighted by Gasteiger charge is -2.09. The molecular formula is C17H18N4O2. The van der Waals surface area contributed by atoms with Crippen LogP contribution >= 0.6 is 0 Å². The van der Waals surface area contributed by atoms with E-state index in [1.165, 1.54) is 4.90 Å². The monoisotopic (exact) mass is 310 g/mol. The lowest BCUT2D eigenvalue weighted by molar-refractivity contribution is -0.128. The molecule has 0 fully saturated rings. The molecule has 0 unspecified atom stereocenters. The molecule has 2 heterocycles. The molecule has 0 bridgehead atoms. The Balaban J connectivity index is 1.86. The van der Waals surface area contributed by atoms with E-state index in [4.69, 9.17) is 0 Å². The summed E-state index contributed by atoms with van der Waals surface area (Å²) in [6, 6.07) is 7.89. The number of H-pyrrole nitrogens is 1. The van der Waals surface area contributed by atoms with E-state index in [1.807, 2.05) is 36.5 Å². The lowest BCUT2D eigenvalue weighted by Crippen LogP contribution is -2.22. The lowest BCUT2D eigenvalue weighted by atomic mass is 10.0. The minimum absolute atomic E-state index is 0.0125. The first-order valence-corrected chi connectivity index (χ1v) is 7.41. The summed E-state index contributed by atoms with van der Waals surface area (Å²) in [4.78, 5) is 28.5. The van der Waals surface area contributed by atoms with Crippen molar-refractivity contribution < 1.29 is 9.59 Å². The van der Waals surface area contributed by atoms with Crippen molar-refractivity contribution in [1.29, 1.82) is 0 Å². The zero-order valence-electron chi connectivity index (χ0n) is 13.1. The van der Waals surface area contributed by atoms with E-state index in [2.05, 4.69) is 15.5 Å². The van der Waals surface area contributed by atoms with Crippen molar-refractivity contribution in [3.63, 3.8) is 0 Å². The molecule has 1 aromatic heterocycles. The van der Waals surface area contributed by atoms with Gasteiger partial charge in [-0.2, -0.15) is 5.10 Å². The van der Waals surface area contributed by atoms with Crippen LogP contribution in [0.2, 0.25) is 0 Å². The van der Waals surface area contributed by atoms with Gasteiger partial charge >= 0.3 is 0 Å². The number of carbonyl (C=O) groups excluding carboxylic acids is 2. The van der Waals surface area contributed by atoms with Gasteiger partial charge in [-0.05, 0) is 12.1 Å². The van der Waals surface area contributed by atoms with Gasteiger partial charge in [0.1, 0.15) is 0 Å². The van der Waals surface area contributed by atoms with E-state index in [9.17, 15) is 9.59 Å². The zero-order valence-corrected chi connectivity index (χ0v) is 13.1. The van der Waals surface area contributed by atoms with Crippen LogP contribution in [0.25, 0.3) is 17.0 Å². The number of para-hydroxylation sites is 1. The van der Waals surface area contributed by atoms with E-state index in [-0.39, 0.29) is 11.8 Å². The molecule has 0 aliphatic carbocycles. The van der Waals surface area contributed by atoms with Crippen LogP contribution in [0.4, 0.5) is 0 Å². The first-order chi connectivity index (χ1) is 11.1. The second-order valence-corrected chi connectivity index (χ2v) is 5.64. The van der Waals surface area contributed by atoms with Gasteiger partial charge in [0.05, 0.1) is 11.3 Å². The van der Waals surface area contributed by atoms with Gasteiger partial charge in [0.25, 0.3) is 5.91 Å². The number of rotatable bonds is 4. The van der Waals surface area contributed by atoms with Crippen LogP contribution < -0.4 is 5.43 Å². The maximum atomic E-state index is 12.0. The summed E-state index contributed by atoms with van der Waals surface area (Å²) in [6.45, 7) is 0. The average molecular weight is 310 g/mol. The molecule has 2 aromatic rings. The van der Waals surface area contributed by atoms with Crippen molar-refractivity contribution in [2.24, 2.45) is 5.10 Å². The highest BCUT2D eigenvalue weighted by atomic mass is 16.2. The van der Waals surface area contributed by atoms with Gasteiger partial charge in [-0.25, -0.2) is 5.43 Å². The highest BCUT2D eigenvalue weighted by molar-refractivity contribution is 6.28. The molecule has 2 N–H and O–H groups in total. The molecule has 0 saturated carbocycles. The van der Waals surface area contributed by atoms with Crippen molar-refractivity contribution in [2.75, 3.05) is 14.1 Å². The normalized spacial score (nSPS) is 15.8. The first kappa shape index (κ1) is 15.0. The summed E-state index contributed by atoms with van der Waals surface area (Å²) in [5.41, 5.74) is 5.56. The number of hydrogen-bond donors (Lipinski definition) is 2. The Labute approximate surface area is 133 Å². The van der Waals surface area contributed by atoms with Crippen LogP contribution in [0.5, 0.6) is 0 Å².